The van der Waals surface area contributed by atoms with E-state index in [1.165, 1.54) is 17.6 Å². The molecule has 0 bridgehead atoms. The first kappa shape index (κ1) is 11.4. The molecule has 1 aliphatic carbocycles. The number of allylic oxidation sites excluding steroid dienone is 2. The number of benzene rings is 1. The van der Waals surface area contributed by atoms with E-state index in [2.05, 4.69) is 63.6 Å². The minimum absolute atomic E-state index is 0.632. The van der Waals surface area contributed by atoms with Crippen LogP contribution in [0.5, 0.6) is 0 Å². The topological polar surface area (TPSA) is 0 Å². The van der Waals surface area contributed by atoms with Crippen LogP contribution in [0.3, 0.4) is 0 Å². The van der Waals surface area contributed by atoms with Crippen LogP contribution in [0.25, 0.3) is 0 Å². The SMILES string of the molecule is CC1=CC(C(C)c2ccccc2)CC(C)[CH]1. The normalized spacial score (nSPS) is 27.3. The molecule has 1 aromatic rings. The van der Waals surface area contributed by atoms with Crippen LogP contribution in [0.1, 0.15) is 38.7 Å². The summed E-state index contributed by atoms with van der Waals surface area (Å²) in [4.78, 5) is 0. The molecule has 0 saturated heterocycles. The molecule has 1 aliphatic rings. The Labute approximate surface area is 99.4 Å². The van der Waals surface area contributed by atoms with Gasteiger partial charge in [0.15, 0.2) is 0 Å². The van der Waals surface area contributed by atoms with Crippen LogP contribution in [0, 0.1) is 18.3 Å². The summed E-state index contributed by atoms with van der Waals surface area (Å²) in [5, 5.41) is 0. The highest BCUT2D eigenvalue weighted by molar-refractivity contribution is 5.25. The van der Waals surface area contributed by atoms with E-state index < -0.39 is 0 Å². The van der Waals surface area contributed by atoms with Gasteiger partial charge in [-0.05, 0) is 43.1 Å². The molecule has 2 rings (SSSR count). The third-order valence-electron chi connectivity index (χ3n) is 3.64. The maximum absolute atomic E-state index is 2.44. The summed E-state index contributed by atoms with van der Waals surface area (Å²) in [7, 11) is 0. The van der Waals surface area contributed by atoms with Crippen molar-refractivity contribution in [2.45, 2.75) is 33.1 Å². The molecule has 3 unspecified atom stereocenters. The van der Waals surface area contributed by atoms with Crippen molar-refractivity contribution in [3.8, 4) is 0 Å². The van der Waals surface area contributed by atoms with Crippen molar-refractivity contribution in [1.82, 2.24) is 0 Å². The van der Waals surface area contributed by atoms with Gasteiger partial charge >= 0.3 is 0 Å². The standard InChI is InChI=1S/C16H21/c1-12-9-13(2)11-16(10-12)14(3)15-7-5-4-6-8-15/h4-10,13-14,16H,11H2,1-3H3. The van der Waals surface area contributed by atoms with Crippen molar-refractivity contribution in [3.05, 3.63) is 54.0 Å². The lowest BCUT2D eigenvalue weighted by Crippen LogP contribution is -2.17. The van der Waals surface area contributed by atoms with Gasteiger partial charge in [-0.2, -0.15) is 0 Å². The first-order valence-corrected chi connectivity index (χ1v) is 6.25. The molecule has 0 saturated carbocycles. The summed E-state index contributed by atoms with van der Waals surface area (Å²) >= 11 is 0. The molecule has 1 radical (unpaired) electrons. The van der Waals surface area contributed by atoms with Gasteiger partial charge in [0, 0.05) is 0 Å². The van der Waals surface area contributed by atoms with Crippen molar-refractivity contribution in [2.24, 2.45) is 11.8 Å². The zero-order valence-electron chi connectivity index (χ0n) is 10.5. The molecular weight excluding hydrogens is 192 g/mol. The second kappa shape index (κ2) is 4.86. The highest BCUT2D eigenvalue weighted by Gasteiger charge is 2.23. The fraction of sp³-hybridized carbons (Fsp3) is 0.438. The van der Waals surface area contributed by atoms with Crippen molar-refractivity contribution < 1.29 is 0 Å². The van der Waals surface area contributed by atoms with Gasteiger partial charge in [-0.15, -0.1) is 0 Å². The maximum Gasteiger partial charge on any atom is -0.0112 e. The molecule has 0 fully saturated rings. The molecule has 0 spiro atoms. The van der Waals surface area contributed by atoms with Gasteiger partial charge in [0.1, 0.15) is 0 Å². The summed E-state index contributed by atoms with van der Waals surface area (Å²) in [5.41, 5.74) is 2.91. The number of rotatable bonds is 2. The second-order valence-corrected chi connectivity index (χ2v) is 5.15. The van der Waals surface area contributed by atoms with Crippen LogP contribution >= 0.6 is 0 Å². The lowest BCUT2D eigenvalue weighted by Gasteiger charge is -2.29. The summed E-state index contributed by atoms with van der Waals surface area (Å²) < 4.78 is 0. The predicted molar refractivity (Wildman–Crippen MR) is 70.2 cm³/mol. The quantitative estimate of drug-likeness (QED) is 0.673. The van der Waals surface area contributed by atoms with Crippen LogP contribution in [-0.4, -0.2) is 0 Å². The van der Waals surface area contributed by atoms with Crippen LogP contribution in [0.4, 0.5) is 0 Å². The summed E-state index contributed by atoms with van der Waals surface area (Å²) in [6.45, 7) is 6.89. The molecule has 0 nitrogen and oxygen atoms in total. The van der Waals surface area contributed by atoms with Crippen LogP contribution in [0.15, 0.2) is 42.0 Å². The Morgan fingerprint density at radius 1 is 1.19 bits per heavy atom. The van der Waals surface area contributed by atoms with Gasteiger partial charge in [0.25, 0.3) is 0 Å². The Balaban J connectivity index is 2.16. The predicted octanol–water partition coefficient (Wildman–Crippen LogP) is 4.60. The molecule has 0 N–H and O–H groups in total. The minimum atomic E-state index is 0.632. The van der Waals surface area contributed by atoms with Crippen molar-refractivity contribution in [3.63, 3.8) is 0 Å². The summed E-state index contributed by atoms with van der Waals surface area (Å²) in [5.74, 6) is 2.05. The van der Waals surface area contributed by atoms with E-state index in [9.17, 15) is 0 Å². The van der Waals surface area contributed by atoms with Gasteiger partial charge in [0.05, 0.1) is 0 Å². The number of hydrogen-bond acceptors (Lipinski definition) is 0. The largest absolute Gasteiger partial charge is 0.0816 e. The van der Waals surface area contributed by atoms with E-state index in [4.69, 9.17) is 0 Å². The Morgan fingerprint density at radius 2 is 1.88 bits per heavy atom. The van der Waals surface area contributed by atoms with E-state index in [1.54, 1.807) is 0 Å². The van der Waals surface area contributed by atoms with Gasteiger partial charge in [0.2, 0.25) is 0 Å². The summed E-state index contributed by atoms with van der Waals surface area (Å²) in [6, 6.07) is 10.9. The first-order valence-electron chi connectivity index (χ1n) is 6.25. The fourth-order valence-corrected chi connectivity index (χ4v) is 2.76. The molecule has 85 valence electrons. The lowest BCUT2D eigenvalue weighted by atomic mass is 9.76. The van der Waals surface area contributed by atoms with Crippen molar-refractivity contribution in [2.75, 3.05) is 0 Å². The average Bonchev–Trinajstić information content (AvgIpc) is 2.28. The highest BCUT2D eigenvalue weighted by atomic mass is 14.3. The van der Waals surface area contributed by atoms with Crippen molar-refractivity contribution >= 4 is 0 Å². The Hall–Kier alpha value is -1.04. The zero-order chi connectivity index (χ0) is 11.5. The van der Waals surface area contributed by atoms with Gasteiger partial charge in [-0.3, -0.25) is 0 Å². The molecule has 0 amide bonds. The van der Waals surface area contributed by atoms with Gasteiger partial charge in [-0.1, -0.05) is 55.8 Å². The molecule has 0 heterocycles. The fourth-order valence-electron chi connectivity index (χ4n) is 2.76. The van der Waals surface area contributed by atoms with Crippen LogP contribution in [0.2, 0.25) is 0 Å². The molecule has 1 aromatic carbocycles. The van der Waals surface area contributed by atoms with Crippen LogP contribution < -0.4 is 0 Å². The maximum atomic E-state index is 2.44. The second-order valence-electron chi connectivity index (χ2n) is 5.15. The van der Waals surface area contributed by atoms with Crippen LogP contribution in [-0.2, 0) is 0 Å². The molecule has 16 heavy (non-hydrogen) atoms. The Bertz CT molecular complexity index is 361. The molecule has 0 aromatic heterocycles. The van der Waals surface area contributed by atoms with Crippen molar-refractivity contribution in [1.29, 1.82) is 0 Å². The summed E-state index contributed by atoms with van der Waals surface area (Å²) in [6.07, 6.45) is 6.11. The third kappa shape index (κ3) is 2.55. The van der Waals surface area contributed by atoms with E-state index in [1.807, 2.05) is 0 Å². The van der Waals surface area contributed by atoms with E-state index >= 15 is 0 Å². The molecular formula is C16H21. The molecule has 0 heteroatoms. The smallest absolute Gasteiger partial charge is 0.0112 e. The van der Waals surface area contributed by atoms with E-state index in [-0.39, 0.29) is 0 Å². The monoisotopic (exact) mass is 213 g/mol. The average molecular weight is 213 g/mol. The van der Waals surface area contributed by atoms with Gasteiger partial charge < -0.3 is 0 Å². The Kier molecular flexibility index (Phi) is 3.48. The molecule has 3 atom stereocenters. The first-order chi connectivity index (χ1) is 7.66. The van der Waals surface area contributed by atoms with Gasteiger partial charge in [-0.25, -0.2) is 0 Å². The zero-order valence-corrected chi connectivity index (χ0v) is 10.5. The van der Waals surface area contributed by atoms with E-state index in [0.717, 1.165) is 5.92 Å². The lowest BCUT2D eigenvalue weighted by molar-refractivity contribution is 0.419. The number of hydrogen-bond donors (Lipinski definition) is 0. The van der Waals surface area contributed by atoms with E-state index in [0.29, 0.717) is 11.8 Å². The molecule has 0 aliphatic heterocycles. The third-order valence-corrected chi connectivity index (χ3v) is 3.64. The highest BCUT2D eigenvalue weighted by Crippen LogP contribution is 2.36. The minimum Gasteiger partial charge on any atom is -0.0816 e. The Morgan fingerprint density at radius 3 is 2.50 bits per heavy atom.